The van der Waals surface area contributed by atoms with Crippen molar-refractivity contribution in [1.29, 1.82) is 0 Å². The predicted molar refractivity (Wildman–Crippen MR) is 74.0 cm³/mol. The average Bonchev–Trinajstić information content (AvgIpc) is 2.85. The minimum Gasteiger partial charge on any atom is -0.504 e. The van der Waals surface area contributed by atoms with Gasteiger partial charge in [-0.15, -0.1) is 0 Å². The zero-order valence-corrected chi connectivity index (χ0v) is 11.6. The van der Waals surface area contributed by atoms with Gasteiger partial charge in [-0.2, -0.15) is 0 Å². The van der Waals surface area contributed by atoms with Crippen LogP contribution >= 0.6 is 0 Å². The zero-order chi connectivity index (χ0) is 14.7. The zero-order valence-electron chi connectivity index (χ0n) is 11.6. The van der Waals surface area contributed by atoms with Crippen LogP contribution in [0.2, 0.25) is 0 Å². The fourth-order valence-corrected chi connectivity index (χ4v) is 1.87. The number of phenolic OH excluding ortho intramolecular Hbond substituents is 1. The molecule has 0 fully saturated rings. The Morgan fingerprint density at radius 2 is 2.10 bits per heavy atom. The van der Waals surface area contributed by atoms with E-state index in [0.29, 0.717) is 17.1 Å². The molecular formula is C15H17NO4. The number of aryl methyl sites for hydroxylation is 1. The van der Waals surface area contributed by atoms with Gasteiger partial charge in [-0.25, -0.2) is 0 Å². The van der Waals surface area contributed by atoms with Crippen LogP contribution in [0.3, 0.4) is 0 Å². The molecule has 0 saturated heterocycles. The summed E-state index contributed by atoms with van der Waals surface area (Å²) in [7, 11) is 1.45. The van der Waals surface area contributed by atoms with Crippen molar-refractivity contribution in [2.75, 3.05) is 7.11 Å². The van der Waals surface area contributed by atoms with Gasteiger partial charge in [0, 0.05) is 5.56 Å². The molecule has 20 heavy (non-hydrogen) atoms. The summed E-state index contributed by atoms with van der Waals surface area (Å²) < 4.78 is 10.4. The second-order valence-corrected chi connectivity index (χ2v) is 4.53. The van der Waals surface area contributed by atoms with Crippen molar-refractivity contribution in [2.24, 2.45) is 0 Å². The maximum Gasteiger partial charge on any atom is 0.252 e. The van der Waals surface area contributed by atoms with Crippen LogP contribution in [-0.2, 0) is 0 Å². The van der Waals surface area contributed by atoms with E-state index in [0.717, 1.165) is 5.76 Å². The van der Waals surface area contributed by atoms with Crippen molar-refractivity contribution in [3.05, 3.63) is 47.4 Å². The second kappa shape index (κ2) is 5.69. The number of carbonyl (C=O) groups is 1. The minimum absolute atomic E-state index is 0.0679. The molecule has 0 saturated carbocycles. The Morgan fingerprint density at radius 3 is 2.65 bits per heavy atom. The van der Waals surface area contributed by atoms with Gasteiger partial charge in [0.25, 0.3) is 5.91 Å². The quantitative estimate of drug-likeness (QED) is 0.900. The topological polar surface area (TPSA) is 71.7 Å². The fourth-order valence-electron chi connectivity index (χ4n) is 1.87. The summed E-state index contributed by atoms with van der Waals surface area (Å²) in [6.45, 7) is 3.68. The first kappa shape index (κ1) is 14.0. The molecule has 0 aliphatic carbocycles. The highest BCUT2D eigenvalue weighted by Gasteiger charge is 2.15. The summed E-state index contributed by atoms with van der Waals surface area (Å²) in [4.78, 5) is 12.1. The summed E-state index contributed by atoms with van der Waals surface area (Å²) in [6.07, 6.45) is 0. The van der Waals surface area contributed by atoms with Crippen molar-refractivity contribution in [1.82, 2.24) is 5.32 Å². The lowest BCUT2D eigenvalue weighted by molar-refractivity contribution is 0.0934. The van der Waals surface area contributed by atoms with Gasteiger partial charge in [0.05, 0.1) is 13.2 Å². The number of methoxy groups -OCH3 is 1. The Kier molecular flexibility index (Phi) is 3.98. The molecular weight excluding hydrogens is 258 g/mol. The van der Waals surface area contributed by atoms with Crippen LogP contribution in [0, 0.1) is 6.92 Å². The van der Waals surface area contributed by atoms with Crippen molar-refractivity contribution in [2.45, 2.75) is 19.9 Å². The molecule has 1 aromatic heterocycles. The number of rotatable bonds is 4. The van der Waals surface area contributed by atoms with Gasteiger partial charge in [0.15, 0.2) is 11.5 Å². The first-order valence-electron chi connectivity index (χ1n) is 6.25. The highest BCUT2D eigenvalue weighted by molar-refractivity contribution is 5.95. The van der Waals surface area contributed by atoms with Crippen LogP contribution in [0.5, 0.6) is 11.5 Å². The lowest BCUT2D eigenvalue weighted by Crippen LogP contribution is -2.26. The molecule has 0 bridgehead atoms. The van der Waals surface area contributed by atoms with E-state index in [1.807, 2.05) is 26.0 Å². The third kappa shape index (κ3) is 2.93. The van der Waals surface area contributed by atoms with E-state index in [4.69, 9.17) is 9.15 Å². The summed E-state index contributed by atoms with van der Waals surface area (Å²) in [5, 5.41) is 12.5. The number of hydrogen-bond donors (Lipinski definition) is 2. The summed E-state index contributed by atoms with van der Waals surface area (Å²) in [5.74, 6) is 1.46. The number of benzene rings is 1. The van der Waals surface area contributed by atoms with E-state index >= 15 is 0 Å². The van der Waals surface area contributed by atoms with E-state index in [2.05, 4.69) is 5.32 Å². The molecule has 5 heteroatoms. The maximum atomic E-state index is 12.1. The van der Waals surface area contributed by atoms with Crippen LogP contribution in [0.15, 0.2) is 34.7 Å². The smallest absolute Gasteiger partial charge is 0.252 e. The minimum atomic E-state index is -0.287. The number of aromatic hydroxyl groups is 1. The van der Waals surface area contributed by atoms with Crippen molar-refractivity contribution in [3.63, 3.8) is 0 Å². The maximum absolute atomic E-state index is 12.1. The highest BCUT2D eigenvalue weighted by Crippen LogP contribution is 2.26. The number of carbonyl (C=O) groups excluding carboxylic acids is 1. The Hall–Kier alpha value is -2.43. The van der Waals surface area contributed by atoms with E-state index in [-0.39, 0.29) is 17.7 Å². The molecule has 1 aromatic carbocycles. The van der Waals surface area contributed by atoms with Gasteiger partial charge in [-0.3, -0.25) is 4.79 Å². The molecule has 2 rings (SSSR count). The SMILES string of the molecule is COc1ccc(C(=O)NC(C)c2ccc(C)o2)cc1O. The normalized spacial score (nSPS) is 11.9. The van der Waals surface area contributed by atoms with Gasteiger partial charge < -0.3 is 19.6 Å². The molecule has 0 radical (unpaired) electrons. The third-order valence-corrected chi connectivity index (χ3v) is 2.98. The highest BCUT2D eigenvalue weighted by atomic mass is 16.5. The van der Waals surface area contributed by atoms with Crippen molar-refractivity contribution in [3.8, 4) is 11.5 Å². The summed E-state index contributed by atoms with van der Waals surface area (Å²) in [6, 6.07) is 7.93. The first-order chi connectivity index (χ1) is 9.51. The number of hydrogen-bond acceptors (Lipinski definition) is 4. The van der Waals surface area contributed by atoms with Gasteiger partial charge in [0.2, 0.25) is 0 Å². The van der Waals surface area contributed by atoms with E-state index in [9.17, 15) is 9.90 Å². The third-order valence-electron chi connectivity index (χ3n) is 2.98. The van der Waals surface area contributed by atoms with Crippen molar-refractivity contribution < 1.29 is 19.1 Å². The number of furan rings is 1. The lowest BCUT2D eigenvalue weighted by Gasteiger charge is -2.12. The molecule has 0 aliphatic heterocycles. The molecule has 106 valence electrons. The molecule has 1 heterocycles. The van der Waals surface area contributed by atoms with Crippen LogP contribution in [-0.4, -0.2) is 18.1 Å². The van der Waals surface area contributed by atoms with Gasteiger partial charge >= 0.3 is 0 Å². The molecule has 1 unspecified atom stereocenters. The Balaban J connectivity index is 2.10. The second-order valence-electron chi connectivity index (χ2n) is 4.53. The average molecular weight is 275 g/mol. The van der Waals surface area contributed by atoms with Gasteiger partial charge in [0.1, 0.15) is 11.5 Å². The van der Waals surface area contributed by atoms with Crippen molar-refractivity contribution >= 4 is 5.91 Å². The Labute approximate surface area is 117 Å². The predicted octanol–water partition coefficient (Wildman–Crippen LogP) is 2.79. The van der Waals surface area contributed by atoms with Gasteiger partial charge in [-0.1, -0.05) is 0 Å². The van der Waals surface area contributed by atoms with E-state index < -0.39 is 0 Å². The Bertz CT molecular complexity index is 618. The number of amides is 1. The number of phenols is 1. The van der Waals surface area contributed by atoms with Gasteiger partial charge in [-0.05, 0) is 44.2 Å². The number of ether oxygens (including phenoxy) is 1. The van der Waals surface area contributed by atoms with Crippen LogP contribution in [0.4, 0.5) is 0 Å². The molecule has 0 aliphatic rings. The fraction of sp³-hybridized carbons (Fsp3) is 0.267. The van der Waals surface area contributed by atoms with Crippen LogP contribution in [0.25, 0.3) is 0 Å². The first-order valence-corrected chi connectivity index (χ1v) is 6.25. The monoisotopic (exact) mass is 275 g/mol. The van der Waals surface area contributed by atoms with Crippen LogP contribution < -0.4 is 10.1 Å². The largest absolute Gasteiger partial charge is 0.504 e. The Morgan fingerprint density at radius 1 is 1.35 bits per heavy atom. The molecule has 1 amide bonds. The van der Waals surface area contributed by atoms with E-state index in [1.165, 1.54) is 13.2 Å². The summed E-state index contributed by atoms with van der Waals surface area (Å²) >= 11 is 0. The summed E-state index contributed by atoms with van der Waals surface area (Å²) in [5.41, 5.74) is 0.360. The lowest BCUT2D eigenvalue weighted by atomic mass is 10.1. The molecule has 5 nitrogen and oxygen atoms in total. The molecule has 1 atom stereocenters. The molecule has 2 N–H and O–H groups in total. The molecule has 2 aromatic rings. The van der Waals surface area contributed by atoms with E-state index in [1.54, 1.807) is 12.1 Å². The van der Waals surface area contributed by atoms with Crippen LogP contribution in [0.1, 0.15) is 34.8 Å². The number of nitrogens with one attached hydrogen (secondary N) is 1. The molecule has 0 spiro atoms. The standard InChI is InChI=1S/C15H17NO4/c1-9-4-6-13(20-9)10(2)16-15(18)11-5-7-14(19-3)12(17)8-11/h4-8,10,17H,1-3H3,(H,16,18).